The van der Waals surface area contributed by atoms with Gasteiger partial charge in [0.1, 0.15) is 0 Å². The number of benzene rings is 1. The molecule has 0 aliphatic carbocycles. The topological polar surface area (TPSA) is 37.6 Å². The van der Waals surface area contributed by atoms with Crippen molar-refractivity contribution in [3.8, 4) is 0 Å². The van der Waals surface area contributed by atoms with E-state index in [0.717, 1.165) is 22.7 Å². The zero-order chi connectivity index (χ0) is 12.4. The van der Waals surface area contributed by atoms with Crippen molar-refractivity contribution >= 4 is 40.2 Å². The lowest BCUT2D eigenvalue weighted by Gasteiger charge is -2.08. The normalized spacial score (nSPS) is 13.7. The van der Waals surface area contributed by atoms with Gasteiger partial charge in [-0.1, -0.05) is 6.07 Å². The molecular formula is C14H10IN3. The fourth-order valence-corrected chi connectivity index (χ4v) is 2.38. The third kappa shape index (κ3) is 2.20. The number of nitrogens with zero attached hydrogens (tertiary/aromatic N) is 3. The van der Waals surface area contributed by atoms with Crippen LogP contribution in [0, 0.1) is 3.57 Å². The van der Waals surface area contributed by atoms with Crippen LogP contribution in [0.4, 0.5) is 5.69 Å². The first kappa shape index (κ1) is 11.5. The van der Waals surface area contributed by atoms with E-state index < -0.39 is 0 Å². The predicted molar refractivity (Wildman–Crippen MR) is 82.1 cm³/mol. The molecule has 0 unspecified atom stereocenters. The molecule has 1 aliphatic rings. The van der Waals surface area contributed by atoms with Crippen molar-refractivity contribution in [3.05, 3.63) is 57.4 Å². The van der Waals surface area contributed by atoms with Crippen LogP contribution in [0.1, 0.15) is 11.3 Å². The van der Waals surface area contributed by atoms with Crippen LogP contribution in [0.15, 0.2) is 52.6 Å². The van der Waals surface area contributed by atoms with Gasteiger partial charge in [-0.25, -0.2) is 0 Å². The summed E-state index contributed by atoms with van der Waals surface area (Å²) >= 11 is 2.30. The Morgan fingerprint density at radius 3 is 2.89 bits per heavy atom. The van der Waals surface area contributed by atoms with Gasteiger partial charge in [0.2, 0.25) is 0 Å². The molecule has 2 aromatic rings. The Kier molecular flexibility index (Phi) is 3.19. The van der Waals surface area contributed by atoms with E-state index in [1.807, 2.05) is 30.5 Å². The number of aromatic nitrogens is 1. The first-order chi connectivity index (χ1) is 8.84. The summed E-state index contributed by atoms with van der Waals surface area (Å²) in [5.74, 6) is 0. The summed E-state index contributed by atoms with van der Waals surface area (Å²) in [7, 11) is 0. The van der Waals surface area contributed by atoms with E-state index in [0.29, 0.717) is 6.54 Å². The molecular weight excluding hydrogens is 337 g/mol. The van der Waals surface area contributed by atoms with E-state index >= 15 is 0 Å². The van der Waals surface area contributed by atoms with E-state index in [-0.39, 0.29) is 0 Å². The third-order valence-corrected chi connectivity index (χ3v) is 3.35. The van der Waals surface area contributed by atoms with Gasteiger partial charge in [0, 0.05) is 21.5 Å². The third-order valence-electron chi connectivity index (χ3n) is 2.68. The molecule has 18 heavy (non-hydrogen) atoms. The fraction of sp³-hybridized carbons (Fsp3) is 0.0714. The second-order valence-corrected chi connectivity index (χ2v) is 5.12. The number of hydrogen-bond acceptors (Lipinski definition) is 3. The minimum Gasteiger partial charge on any atom is -0.277 e. The fourth-order valence-electron chi connectivity index (χ4n) is 1.89. The highest BCUT2D eigenvalue weighted by atomic mass is 127. The number of fused-ring (bicyclic) bond motifs is 1. The van der Waals surface area contributed by atoms with Crippen molar-refractivity contribution in [2.45, 2.75) is 0 Å². The smallest absolute Gasteiger partial charge is 0.0929 e. The average molecular weight is 347 g/mol. The van der Waals surface area contributed by atoms with Crippen molar-refractivity contribution in [2.24, 2.45) is 9.98 Å². The molecule has 0 atom stereocenters. The summed E-state index contributed by atoms with van der Waals surface area (Å²) in [6, 6.07) is 12.0. The Labute approximate surface area is 119 Å². The van der Waals surface area contributed by atoms with Crippen molar-refractivity contribution < 1.29 is 0 Å². The minimum atomic E-state index is 0.594. The van der Waals surface area contributed by atoms with Gasteiger partial charge in [-0.2, -0.15) is 0 Å². The van der Waals surface area contributed by atoms with Gasteiger partial charge in [0.25, 0.3) is 0 Å². The summed E-state index contributed by atoms with van der Waals surface area (Å²) < 4.78 is 1.17. The lowest BCUT2D eigenvalue weighted by Crippen LogP contribution is -2.06. The standard InChI is InChI=1S/C14H10IN3/c15-10-4-5-12-11(9-10)14(18-8-7-17-12)13-3-1-2-6-16-13/h1-7,9H,8H2. The molecule has 0 saturated carbocycles. The highest BCUT2D eigenvalue weighted by Gasteiger charge is 2.14. The Morgan fingerprint density at radius 2 is 2.06 bits per heavy atom. The van der Waals surface area contributed by atoms with Crippen LogP contribution in [0.2, 0.25) is 0 Å². The predicted octanol–water partition coefficient (Wildman–Crippen LogP) is 3.24. The molecule has 1 aromatic heterocycles. The highest BCUT2D eigenvalue weighted by molar-refractivity contribution is 14.1. The number of aliphatic imine (C=N–C) groups is 2. The van der Waals surface area contributed by atoms with Crippen LogP contribution in [0.3, 0.4) is 0 Å². The van der Waals surface area contributed by atoms with E-state index in [2.05, 4.69) is 49.7 Å². The molecule has 0 fully saturated rings. The van der Waals surface area contributed by atoms with Crippen molar-refractivity contribution in [1.82, 2.24) is 4.98 Å². The first-order valence-corrected chi connectivity index (χ1v) is 6.71. The Balaban J connectivity index is 2.19. The van der Waals surface area contributed by atoms with Gasteiger partial charge in [-0.05, 0) is 52.9 Å². The van der Waals surface area contributed by atoms with Crippen LogP contribution >= 0.6 is 22.6 Å². The van der Waals surface area contributed by atoms with Gasteiger partial charge < -0.3 is 0 Å². The van der Waals surface area contributed by atoms with Gasteiger partial charge in [0.05, 0.1) is 23.6 Å². The molecule has 0 bridgehead atoms. The van der Waals surface area contributed by atoms with Gasteiger partial charge in [0.15, 0.2) is 0 Å². The molecule has 1 aliphatic heterocycles. The van der Waals surface area contributed by atoms with Crippen molar-refractivity contribution in [3.63, 3.8) is 0 Å². The van der Waals surface area contributed by atoms with E-state index in [1.165, 1.54) is 3.57 Å². The number of pyridine rings is 1. The largest absolute Gasteiger partial charge is 0.277 e. The molecule has 2 heterocycles. The van der Waals surface area contributed by atoms with E-state index in [1.54, 1.807) is 6.20 Å². The lowest BCUT2D eigenvalue weighted by molar-refractivity contribution is 1.25. The maximum absolute atomic E-state index is 4.58. The van der Waals surface area contributed by atoms with Gasteiger partial charge >= 0.3 is 0 Å². The molecule has 0 saturated heterocycles. The second-order valence-electron chi connectivity index (χ2n) is 3.88. The maximum Gasteiger partial charge on any atom is 0.0929 e. The molecule has 0 amide bonds. The number of rotatable bonds is 1. The van der Waals surface area contributed by atoms with Crippen LogP contribution in [-0.4, -0.2) is 23.5 Å². The Hall–Kier alpha value is -1.56. The monoisotopic (exact) mass is 347 g/mol. The summed E-state index contributed by atoms with van der Waals surface area (Å²) in [6.07, 6.45) is 3.62. The molecule has 1 aromatic carbocycles. The minimum absolute atomic E-state index is 0.594. The Morgan fingerprint density at radius 1 is 1.11 bits per heavy atom. The van der Waals surface area contributed by atoms with Crippen molar-refractivity contribution in [2.75, 3.05) is 6.54 Å². The SMILES string of the molecule is Ic1ccc2c(c1)C(c1ccccn1)=NCC=N2. The quantitative estimate of drug-likeness (QED) is 0.730. The zero-order valence-electron chi connectivity index (χ0n) is 9.55. The molecule has 0 N–H and O–H groups in total. The van der Waals surface area contributed by atoms with Crippen LogP contribution < -0.4 is 0 Å². The van der Waals surface area contributed by atoms with E-state index in [4.69, 9.17) is 0 Å². The summed E-state index contributed by atoms with van der Waals surface area (Å²) in [6.45, 7) is 0.594. The number of hydrogen-bond donors (Lipinski definition) is 0. The average Bonchev–Trinajstić information content (AvgIpc) is 2.61. The van der Waals surface area contributed by atoms with Gasteiger partial charge in [-0.15, -0.1) is 0 Å². The summed E-state index contributed by atoms with van der Waals surface area (Å²) in [5.41, 5.74) is 3.82. The summed E-state index contributed by atoms with van der Waals surface area (Å²) in [5, 5.41) is 0. The van der Waals surface area contributed by atoms with Gasteiger partial charge in [-0.3, -0.25) is 15.0 Å². The summed E-state index contributed by atoms with van der Waals surface area (Å²) in [4.78, 5) is 13.4. The highest BCUT2D eigenvalue weighted by Crippen LogP contribution is 2.25. The molecule has 0 radical (unpaired) electrons. The van der Waals surface area contributed by atoms with Crippen LogP contribution in [0.25, 0.3) is 0 Å². The first-order valence-electron chi connectivity index (χ1n) is 5.63. The molecule has 3 nitrogen and oxygen atoms in total. The van der Waals surface area contributed by atoms with Crippen LogP contribution in [0.5, 0.6) is 0 Å². The zero-order valence-corrected chi connectivity index (χ0v) is 11.7. The second kappa shape index (κ2) is 4.97. The molecule has 88 valence electrons. The number of halogens is 1. The van der Waals surface area contributed by atoms with Crippen LogP contribution in [-0.2, 0) is 0 Å². The van der Waals surface area contributed by atoms with Crippen molar-refractivity contribution in [1.29, 1.82) is 0 Å². The van der Waals surface area contributed by atoms with E-state index in [9.17, 15) is 0 Å². The lowest BCUT2D eigenvalue weighted by atomic mass is 10.0. The molecule has 0 spiro atoms. The molecule has 4 heteroatoms. The maximum atomic E-state index is 4.58. The Bertz CT molecular complexity index is 633. The molecule has 3 rings (SSSR count).